The second-order valence-electron chi connectivity index (χ2n) is 5.33. The molecule has 9 heteroatoms. The van der Waals surface area contributed by atoms with Crippen LogP contribution in [-0.2, 0) is 17.4 Å². The van der Waals surface area contributed by atoms with Crippen molar-refractivity contribution in [2.75, 3.05) is 5.32 Å². The van der Waals surface area contributed by atoms with Gasteiger partial charge in [-0.15, -0.1) is 11.3 Å². The quantitative estimate of drug-likeness (QED) is 0.626. The van der Waals surface area contributed by atoms with Crippen LogP contribution in [0.3, 0.4) is 0 Å². The Morgan fingerprint density at radius 2 is 2.04 bits per heavy atom. The van der Waals surface area contributed by atoms with Crippen molar-refractivity contribution >= 4 is 34.0 Å². The number of anilines is 1. The minimum atomic E-state index is -4.42. The highest BCUT2D eigenvalue weighted by Gasteiger charge is 2.30. The van der Waals surface area contributed by atoms with E-state index in [0.29, 0.717) is 27.1 Å². The summed E-state index contributed by atoms with van der Waals surface area (Å²) in [6.45, 7) is 0. The van der Waals surface area contributed by atoms with Crippen LogP contribution in [0.15, 0.2) is 48.0 Å². The number of hydrogen-bond donors (Lipinski definition) is 1. The largest absolute Gasteiger partial charge is 0.416 e. The van der Waals surface area contributed by atoms with Crippen LogP contribution in [0.1, 0.15) is 11.1 Å². The van der Waals surface area contributed by atoms with Crippen LogP contribution >= 0.6 is 22.9 Å². The molecule has 0 bridgehead atoms. The smallest absolute Gasteiger partial charge is 0.302 e. The summed E-state index contributed by atoms with van der Waals surface area (Å²) >= 11 is 6.83. The highest BCUT2D eigenvalue weighted by Crippen LogP contribution is 2.33. The minimum absolute atomic E-state index is 0.0860. The average molecular weight is 398 g/mol. The molecule has 0 saturated carbocycles. The molecule has 0 unspecified atom stereocenters. The maximum atomic E-state index is 12.8. The Labute approximate surface area is 155 Å². The van der Waals surface area contributed by atoms with E-state index in [0.717, 1.165) is 23.5 Å². The number of carbonyl (C=O) groups excluding carboxylic acids is 1. The molecule has 0 aliphatic carbocycles. The number of carbonyl (C=O) groups is 1. The molecule has 0 spiro atoms. The van der Waals surface area contributed by atoms with Gasteiger partial charge in [-0.3, -0.25) is 4.79 Å². The lowest BCUT2D eigenvalue weighted by molar-refractivity contribution is -0.137. The highest BCUT2D eigenvalue weighted by atomic mass is 35.5. The number of nitrogens with zero attached hydrogens (tertiary/aromatic N) is 2. The number of rotatable bonds is 4. The second kappa shape index (κ2) is 7.43. The van der Waals surface area contributed by atoms with Gasteiger partial charge < -0.3 is 5.32 Å². The summed E-state index contributed by atoms with van der Waals surface area (Å²) < 4.78 is 38.4. The van der Waals surface area contributed by atoms with E-state index in [1.165, 1.54) is 18.3 Å². The van der Waals surface area contributed by atoms with E-state index < -0.39 is 11.7 Å². The summed E-state index contributed by atoms with van der Waals surface area (Å²) in [5, 5.41) is 4.86. The van der Waals surface area contributed by atoms with Crippen molar-refractivity contribution in [1.82, 2.24) is 9.97 Å². The predicted molar refractivity (Wildman–Crippen MR) is 94.1 cm³/mol. The van der Waals surface area contributed by atoms with Crippen LogP contribution in [0.5, 0.6) is 0 Å². The molecule has 0 aliphatic rings. The normalized spacial score (nSPS) is 11.4. The van der Waals surface area contributed by atoms with E-state index in [-0.39, 0.29) is 12.3 Å². The van der Waals surface area contributed by atoms with Gasteiger partial charge in [0, 0.05) is 17.1 Å². The molecule has 1 N–H and O–H groups in total. The zero-order chi connectivity index (χ0) is 18.7. The van der Waals surface area contributed by atoms with Crippen molar-refractivity contribution < 1.29 is 18.0 Å². The number of thiazole rings is 1. The van der Waals surface area contributed by atoms with Gasteiger partial charge in [-0.1, -0.05) is 29.8 Å². The topological polar surface area (TPSA) is 54.9 Å². The van der Waals surface area contributed by atoms with Gasteiger partial charge >= 0.3 is 6.18 Å². The van der Waals surface area contributed by atoms with Crippen LogP contribution in [0, 0.1) is 0 Å². The van der Waals surface area contributed by atoms with E-state index in [4.69, 9.17) is 11.6 Å². The Bertz CT molecular complexity index is 926. The molecule has 4 nitrogen and oxygen atoms in total. The number of alkyl halides is 3. The molecule has 0 atom stereocenters. The number of aromatic nitrogens is 2. The third kappa shape index (κ3) is 4.59. The number of nitrogens with one attached hydrogen (secondary N) is 1. The molecule has 0 fully saturated rings. The third-order valence-electron chi connectivity index (χ3n) is 3.39. The Morgan fingerprint density at radius 3 is 2.73 bits per heavy atom. The van der Waals surface area contributed by atoms with E-state index in [1.54, 1.807) is 17.5 Å². The van der Waals surface area contributed by atoms with E-state index in [2.05, 4.69) is 15.3 Å². The minimum Gasteiger partial charge on any atom is -0.302 e. The van der Waals surface area contributed by atoms with Crippen LogP contribution in [-0.4, -0.2) is 15.9 Å². The summed E-state index contributed by atoms with van der Waals surface area (Å²) in [6.07, 6.45) is -2.84. The second-order valence-corrected chi connectivity index (χ2v) is 6.58. The SMILES string of the molecule is O=C(Cc1ccc(Cl)nc1)Nc1nc(-c2cccc(C(F)(F)F)c2)cs1. The summed E-state index contributed by atoms with van der Waals surface area (Å²) in [5.74, 6) is -0.306. The fourth-order valence-electron chi connectivity index (χ4n) is 2.18. The van der Waals surface area contributed by atoms with Crippen LogP contribution in [0.25, 0.3) is 11.3 Å². The fraction of sp³-hybridized carbons (Fsp3) is 0.118. The Hall–Kier alpha value is -2.45. The highest BCUT2D eigenvalue weighted by molar-refractivity contribution is 7.14. The molecular formula is C17H11ClF3N3OS. The maximum Gasteiger partial charge on any atom is 0.416 e. The first-order valence-corrected chi connectivity index (χ1v) is 8.60. The summed E-state index contributed by atoms with van der Waals surface area (Å²) in [7, 11) is 0. The van der Waals surface area contributed by atoms with Crippen LogP contribution < -0.4 is 5.32 Å². The van der Waals surface area contributed by atoms with Gasteiger partial charge in [0.05, 0.1) is 17.7 Å². The number of amides is 1. The third-order valence-corrected chi connectivity index (χ3v) is 4.37. The standard InChI is InChI=1S/C17H11ClF3N3OS/c18-14-5-4-10(8-22-14)6-15(25)24-16-23-13(9-26-16)11-2-1-3-12(7-11)17(19,20)21/h1-5,7-9H,6H2,(H,23,24,25). The number of hydrogen-bond acceptors (Lipinski definition) is 4. The Kier molecular flexibility index (Phi) is 5.24. The van der Waals surface area contributed by atoms with Gasteiger partial charge in [-0.05, 0) is 23.8 Å². The lowest BCUT2D eigenvalue weighted by Gasteiger charge is -2.07. The van der Waals surface area contributed by atoms with Gasteiger partial charge in [-0.25, -0.2) is 9.97 Å². The van der Waals surface area contributed by atoms with Crippen molar-refractivity contribution in [2.45, 2.75) is 12.6 Å². The zero-order valence-corrected chi connectivity index (χ0v) is 14.6. The summed E-state index contributed by atoms with van der Waals surface area (Å²) in [6, 6.07) is 8.15. The summed E-state index contributed by atoms with van der Waals surface area (Å²) in [4.78, 5) is 20.1. The van der Waals surface area contributed by atoms with E-state index >= 15 is 0 Å². The van der Waals surface area contributed by atoms with Crippen molar-refractivity contribution in [2.24, 2.45) is 0 Å². The van der Waals surface area contributed by atoms with Crippen molar-refractivity contribution in [3.05, 3.63) is 64.3 Å². The first kappa shape index (κ1) is 18.3. The molecule has 2 aromatic heterocycles. The van der Waals surface area contributed by atoms with Crippen molar-refractivity contribution in [1.29, 1.82) is 0 Å². The van der Waals surface area contributed by atoms with Crippen molar-refractivity contribution in [3.63, 3.8) is 0 Å². The zero-order valence-electron chi connectivity index (χ0n) is 13.0. The number of pyridine rings is 1. The van der Waals surface area contributed by atoms with Gasteiger partial charge in [0.1, 0.15) is 5.15 Å². The molecule has 26 heavy (non-hydrogen) atoms. The molecule has 3 aromatic rings. The Morgan fingerprint density at radius 1 is 1.23 bits per heavy atom. The monoisotopic (exact) mass is 397 g/mol. The first-order chi connectivity index (χ1) is 12.3. The molecule has 0 aliphatic heterocycles. The van der Waals surface area contributed by atoms with Crippen LogP contribution in [0.2, 0.25) is 5.15 Å². The van der Waals surface area contributed by atoms with Crippen LogP contribution in [0.4, 0.5) is 18.3 Å². The summed E-state index contributed by atoms with van der Waals surface area (Å²) in [5.41, 5.74) is 0.633. The van der Waals surface area contributed by atoms with Crippen molar-refractivity contribution in [3.8, 4) is 11.3 Å². The predicted octanol–water partition coefficient (Wildman–Crippen LogP) is 5.06. The van der Waals surface area contributed by atoms with E-state index in [1.807, 2.05) is 0 Å². The number of benzene rings is 1. The first-order valence-electron chi connectivity index (χ1n) is 7.35. The molecule has 1 amide bonds. The van der Waals surface area contributed by atoms with E-state index in [9.17, 15) is 18.0 Å². The van der Waals surface area contributed by atoms with Gasteiger partial charge in [-0.2, -0.15) is 13.2 Å². The van der Waals surface area contributed by atoms with Gasteiger partial charge in [0.25, 0.3) is 0 Å². The fourth-order valence-corrected chi connectivity index (χ4v) is 3.03. The average Bonchev–Trinajstić information content (AvgIpc) is 3.05. The molecule has 0 saturated heterocycles. The van der Waals surface area contributed by atoms with Gasteiger partial charge in [0.2, 0.25) is 5.91 Å². The molecule has 134 valence electrons. The molecule has 0 radical (unpaired) electrons. The lowest BCUT2D eigenvalue weighted by atomic mass is 10.1. The van der Waals surface area contributed by atoms with Gasteiger partial charge in [0.15, 0.2) is 5.13 Å². The molecular weight excluding hydrogens is 387 g/mol. The molecule has 3 rings (SSSR count). The molecule has 2 heterocycles. The molecule has 1 aromatic carbocycles. The lowest BCUT2D eigenvalue weighted by Crippen LogP contribution is -2.14. The Balaban J connectivity index is 1.70. The maximum absolute atomic E-state index is 12.8. The number of halogens is 4.